The first-order chi connectivity index (χ1) is 14.9. The largest absolute Gasteiger partial charge is 0.497 e. The summed E-state index contributed by atoms with van der Waals surface area (Å²) in [5.74, 6) is -1.10. The molecule has 0 aliphatic heterocycles. The highest BCUT2D eigenvalue weighted by molar-refractivity contribution is 7.91. The lowest BCUT2D eigenvalue weighted by Gasteiger charge is -2.17. The highest BCUT2D eigenvalue weighted by Crippen LogP contribution is 2.31. The van der Waals surface area contributed by atoms with Gasteiger partial charge in [0.05, 0.1) is 12.0 Å². The van der Waals surface area contributed by atoms with Crippen LogP contribution < -0.4 is 15.4 Å². The van der Waals surface area contributed by atoms with Gasteiger partial charge in [-0.25, -0.2) is 8.42 Å². The van der Waals surface area contributed by atoms with Crippen LogP contribution >= 0.6 is 11.3 Å². The maximum Gasteiger partial charge on any atom is 0.309 e. The molecule has 7 nitrogen and oxygen atoms in total. The standard InChI is InChI=1S/C22H22N2O5S2/c1-29-17-8-5-7-16(13-17)14-23-21(25)22(26)24-15-20(19-11-6-12-30-19)31(27,28)18-9-3-2-4-10-18/h2-13,20H,14-15H2,1H3,(H,23,25)(H,24,26)/t20-/m1/s1. The van der Waals surface area contributed by atoms with Gasteiger partial charge < -0.3 is 15.4 Å². The van der Waals surface area contributed by atoms with Gasteiger partial charge in [0.25, 0.3) is 0 Å². The molecule has 3 aromatic rings. The summed E-state index contributed by atoms with van der Waals surface area (Å²) in [6.45, 7) is -0.0801. The number of hydrogen-bond acceptors (Lipinski definition) is 6. The molecular formula is C22H22N2O5S2. The average molecular weight is 459 g/mol. The van der Waals surface area contributed by atoms with E-state index >= 15 is 0 Å². The van der Waals surface area contributed by atoms with E-state index in [9.17, 15) is 18.0 Å². The van der Waals surface area contributed by atoms with Crippen molar-refractivity contribution in [3.63, 3.8) is 0 Å². The van der Waals surface area contributed by atoms with Crippen molar-refractivity contribution in [2.75, 3.05) is 13.7 Å². The van der Waals surface area contributed by atoms with E-state index in [1.165, 1.54) is 23.5 Å². The number of sulfone groups is 1. The number of ether oxygens (including phenoxy) is 1. The number of methoxy groups -OCH3 is 1. The number of carbonyl (C=O) groups excluding carboxylic acids is 2. The van der Waals surface area contributed by atoms with Gasteiger partial charge in [-0.1, -0.05) is 36.4 Å². The summed E-state index contributed by atoms with van der Waals surface area (Å²) in [7, 11) is -2.22. The maximum absolute atomic E-state index is 13.1. The van der Waals surface area contributed by atoms with Crippen molar-refractivity contribution in [1.29, 1.82) is 0 Å². The normalized spacial score (nSPS) is 12.0. The second-order valence-corrected chi connectivity index (χ2v) is 9.72. The van der Waals surface area contributed by atoms with Crippen molar-refractivity contribution in [2.45, 2.75) is 16.7 Å². The SMILES string of the molecule is COc1cccc(CNC(=O)C(=O)NC[C@H](c2cccs2)S(=O)(=O)c2ccccc2)c1. The fourth-order valence-corrected chi connectivity index (χ4v) is 5.73. The lowest BCUT2D eigenvalue weighted by molar-refractivity contribution is -0.139. The molecule has 9 heteroatoms. The van der Waals surface area contributed by atoms with Crippen LogP contribution in [0.25, 0.3) is 0 Å². The average Bonchev–Trinajstić information content (AvgIpc) is 3.32. The van der Waals surface area contributed by atoms with E-state index in [0.717, 1.165) is 5.56 Å². The Balaban J connectivity index is 1.66. The molecule has 0 aliphatic carbocycles. The van der Waals surface area contributed by atoms with Gasteiger partial charge in [-0.2, -0.15) is 0 Å². The predicted octanol–water partition coefficient (Wildman–Crippen LogP) is 2.70. The second-order valence-electron chi connectivity index (χ2n) is 6.61. The Hall–Kier alpha value is -3.17. The quantitative estimate of drug-likeness (QED) is 0.506. The van der Waals surface area contributed by atoms with E-state index in [2.05, 4.69) is 10.6 Å². The van der Waals surface area contributed by atoms with Gasteiger partial charge in [0.2, 0.25) is 0 Å². The third-order valence-corrected chi connectivity index (χ3v) is 7.78. The van der Waals surface area contributed by atoms with Gasteiger partial charge in [0.15, 0.2) is 9.84 Å². The van der Waals surface area contributed by atoms with Crippen LogP contribution in [0.3, 0.4) is 0 Å². The van der Waals surface area contributed by atoms with Gasteiger partial charge in [0.1, 0.15) is 11.0 Å². The van der Waals surface area contributed by atoms with Crippen LogP contribution in [0.15, 0.2) is 77.0 Å². The molecule has 31 heavy (non-hydrogen) atoms. The third kappa shape index (κ3) is 5.71. The van der Waals surface area contributed by atoms with Crippen LogP contribution in [-0.4, -0.2) is 33.9 Å². The number of carbonyl (C=O) groups is 2. The van der Waals surface area contributed by atoms with Crippen molar-refractivity contribution in [1.82, 2.24) is 10.6 Å². The summed E-state index contributed by atoms with van der Waals surface area (Å²) in [5, 5.41) is 5.76. The number of nitrogens with one attached hydrogen (secondary N) is 2. The second kappa shape index (κ2) is 10.2. The molecule has 0 fully saturated rings. The van der Waals surface area contributed by atoms with Gasteiger partial charge >= 0.3 is 11.8 Å². The molecule has 1 heterocycles. The monoisotopic (exact) mass is 458 g/mol. The molecule has 1 atom stereocenters. The summed E-state index contributed by atoms with van der Waals surface area (Å²) >= 11 is 1.28. The lowest BCUT2D eigenvalue weighted by Crippen LogP contribution is -2.42. The minimum atomic E-state index is -3.76. The highest BCUT2D eigenvalue weighted by atomic mass is 32.2. The maximum atomic E-state index is 13.1. The van der Waals surface area contributed by atoms with Crippen LogP contribution in [0, 0.1) is 0 Å². The molecule has 2 amide bonds. The molecule has 1 aromatic heterocycles. The van der Waals surface area contributed by atoms with Gasteiger partial charge in [-0.3, -0.25) is 9.59 Å². The molecule has 0 unspecified atom stereocenters. The predicted molar refractivity (Wildman–Crippen MR) is 119 cm³/mol. The van der Waals surface area contributed by atoms with Crippen molar-refractivity contribution in [3.8, 4) is 5.75 Å². The van der Waals surface area contributed by atoms with Crippen LogP contribution in [0.5, 0.6) is 5.75 Å². The van der Waals surface area contributed by atoms with Crippen LogP contribution in [-0.2, 0) is 26.0 Å². The Kier molecular flexibility index (Phi) is 7.43. The Bertz CT molecular complexity index is 1130. The molecule has 2 N–H and O–H groups in total. The number of thiophene rings is 1. The molecule has 0 spiro atoms. The smallest absolute Gasteiger partial charge is 0.309 e. The van der Waals surface area contributed by atoms with Crippen LogP contribution in [0.2, 0.25) is 0 Å². The number of benzene rings is 2. The summed E-state index contributed by atoms with van der Waals surface area (Å²) in [6, 6.07) is 18.6. The first-order valence-corrected chi connectivity index (χ1v) is 11.9. The molecule has 0 saturated heterocycles. The first-order valence-electron chi connectivity index (χ1n) is 9.43. The van der Waals surface area contributed by atoms with Crippen molar-refractivity contribution >= 4 is 33.0 Å². The summed E-state index contributed by atoms with van der Waals surface area (Å²) < 4.78 is 31.4. The highest BCUT2D eigenvalue weighted by Gasteiger charge is 2.31. The lowest BCUT2D eigenvalue weighted by atomic mass is 10.2. The Morgan fingerprint density at radius 3 is 2.39 bits per heavy atom. The van der Waals surface area contributed by atoms with Crippen LogP contribution in [0.4, 0.5) is 0 Å². The van der Waals surface area contributed by atoms with E-state index in [0.29, 0.717) is 10.6 Å². The molecule has 162 valence electrons. The summed E-state index contributed by atoms with van der Waals surface area (Å²) in [6.07, 6.45) is 0. The van der Waals surface area contributed by atoms with E-state index in [4.69, 9.17) is 4.74 Å². The fourth-order valence-electron chi connectivity index (χ4n) is 2.92. The Labute approximate surface area is 185 Å². The van der Waals surface area contributed by atoms with Crippen molar-refractivity contribution < 1.29 is 22.7 Å². The van der Waals surface area contributed by atoms with Crippen molar-refractivity contribution in [3.05, 3.63) is 82.6 Å². The minimum absolute atomic E-state index is 0.139. The number of rotatable bonds is 8. The summed E-state index contributed by atoms with van der Waals surface area (Å²) in [4.78, 5) is 25.2. The Morgan fingerprint density at radius 2 is 1.71 bits per heavy atom. The zero-order chi connectivity index (χ0) is 22.3. The summed E-state index contributed by atoms with van der Waals surface area (Å²) in [5.41, 5.74) is 0.767. The minimum Gasteiger partial charge on any atom is -0.497 e. The number of hydrogen-bond donors (Lipinski definition) is 2. The van der Waals surface area contributed by atoms with Gasteiger partial charge in [-0.05, 0) is 41.3 Å². The fraction of sp³-hybridized carbons (Fsp3) is 0.182. The molecule has 3 rings (SSSR count). The number of amides is 2. The molecule has 2 aromatic carbocycles. The molecular weight excluding hydrogens is 436 g/mol. The molecule has 0 radical (unpaired) electrons. The molecule has 0 aliphatic rings. The first kappa shape index (κ1) is 22.5. The van der Waals surface area contributed by atoms with Crippen molar-refractivity contribution in [2.24, 2.45) is 0 Å². The topological polar surface area (TPSA) is 102 Å². The van der Waals surface area contributed by atoms with Crippen LogP contribution in [0.1, 0.15) is 15.7 Å². The van der Waals surface area contributed by atoms with E-state index in [1.54, 1.807) is 67.1 Å². The molecule has 0 bridgehead atoms. The third-order valence-electron chi connectivity index (χ3n) is 4.55. The van der Waals surface area contributed by atoms with E-state index < -0.39 is 26.9 Å². The Morgan fingerprint density at radius 1 is 0.968 bits per heavy atom. The molecule has 0 saturated carbocycles. The zero-order valence-corrected chi connectivity index (χ0v) is 18.4. The zero-order valence-electron chi connectivity index (χ0n) is 16.8. The van der Waals surface area contributed by atoms with Gasteiger partial charge in [0, 0.05) is 18.0 Å². The van der Waals surface area contributed by atoms with E-state index in [-0.39, 0.29) is 18.0 Å². The van der Waals surface area contributed by atoms with Gasteiger partial charge in [-0.15, -0.1) is 11.3 Å². The van der Waals surface area contributed by atoms with E-state index in [1.807, 2.05) is 0 Å².